The summed E-state index contributed by atoms with van der Waals surface area (Å²) in [5.41, 5.74) is 1.11. The summed E-state index contributed by atoms with van der Waals surface area (Å²) in [4.78, 5) is 23.7. The molecule has 5 nitrogen and oxygen atoms in total. The lowest BCUT2D eigenvalue weighted by atomic mass is 10.2. The molecule has 0 atom stereocenters. The molecule has 2 aromatic rings. The second-order valence-electron chi connectivity index (χ2n) is 4.81. The zero-order valence-corrected chi connectivity index (χ0v) is 15.2. The fourth-order valence-electron chi connectivity index (χ4n) is 1.93. The zero-order valence-electron chi connectivity index (χ0n) is 12.8. The topological polar surface area (TPSA) is 64.6 Å². The lowest BCUT2D eigenvalue weighted by Gasteiger charge is -2.10. The van der Waals surface area contributed by atoms with Crippen LogP contribution in [0.2, 0.25) is 5.02 Å². The maximum atomic E-state index is 11.9. The van der Waals surface area contributed by atoms with Gasteiger partial charge in [0.2, 0.25) is 0 Å². The highest BCUT2D eigenvalue weighted by Gasteiger charge is 2.11. The lowest BCUT2D eigenvalue weighted by molar-refractivity contribution is -0.143. The molecule has 7 heteroatoms. The van der Waals surface area contributed by atoms with E-state index in [2.05, 4.69) is 21.2 Å². The summed E-state index contributed by atoms with van der Waals surface area (Å²) in [7, 11) is 1.52. The molecule has 0 aliphatic heterocycles. The van der Waals surface area contributed by atoms with Gasteiger partial charge in [0.1, 0.15) is 18.9 Å². The van der Waals surface area contributed by atoms with Gasteiger partial charge in [-0.15, -0.1) is 0 Å². The first-order valence-corrected chi connectivity index (χ1v) is 8.18. The number of carbonyl (C=O) groups is 2. The number of benzene rings is 2. The molecule has 0 aliphatic carbocycles. The van der Waals surface area contributed by atoms with E-state index in [1.807, 2.05) is 0 Å². The SMILES string of the molecule is COc1ccc(Cl)cc1COC(=O)CNC(=O)c1ccc(Br)cc1. The van der Waals surface area contributed by atoms with Crippen molar-refractivity contribution in [2.75, 3.05) is 13.7 Å². The molecular formula is C17H15BrClNO4. The highest BCUT2D eigenvalue weighted by molar-refractivity contribution is 9.10. The third kappa shape index (κ3) is 5.25. The highest BCUT2D eigenvalue weighted by Crippen LogP contribution is 2.23. The zero-order chi connectivity index (χ0) is 17.5. The Balaban J connectivity index is 1.84. The van der Waals surface area contributed by atoms with E-state index in [0.29, 0.717) is 21.9 Å². The molecule has 24 heavy (non-hydrogen) atoms. The number of nitrogens with one attached hydrogen (secondary N) is 1. The van der Waals surface area contributed by atoms with E-state index in [4.69, 9.17) is 21.1 Å². The summed E-state index contributed by atoms with van der Waals surface area (Å²) in [6.45, 7) is -0.214. The average molecular weight is 413 g/mol. The van der Waals surface area contributed by atoms with E-state index in [1.54, 1.807) is 42.5 Å². The molecule has 0 fully saturated rings. The number of esters is 1. The average Bonchev–Trinajstić information content (AvgIpc) is 2.58. The van der Waals surface area contributed by atoms with Gasteiger partial charge in [-0.1, -0.05) is 27.5 Å². The summed E-state index contributed by atoms with van der Waals surface area (Å²) < 4.78 is 11.2. The lowest BCUT2D eigenvalue weighted by Crippen LogP contribution is -2.30. The minimum absolute atomic E-state index is 0.0106. The second kappa shape index (κ2) is 8.70. The Labute approximate surface area is 153 Å². The molecular weight excluding hydrogens is 398 g/mol. The van der Waals surface area contributed by atoms with Crippen LogP contribution < -0.4 is 10.1 Å². The maximum Gasteiger partial charge on any atom is 0.325 e. The minimum Gasteiger partial charge on any atom is -0.496 e. The van der Waals surface area contributed by atoms with Crippen molar-refractivity contribution in [1.82, 2.24) is 5.32 Å². The molecule has 0 bridgehead atoms. The van der Waals surface area contributed by atoms with Crippen LogP contribution in [0.25, 0.3) is 0 Å². The van der Waals surface area contributed by atoms with Gasteiger partial charge in [0.15, 0.2) is 0 Å². The van der Waals surface area contributed by atoms with Crippen molar-refractivity contribution < 1.29 is 19.1 Å². The van der Waals surface area contributed by atoms with Crippen LogP contribution in [0.5, 0.6) is 5.75 Å². The fraction of sp³-hybridized carbons (Fsp3) is 0.176. The van der Waals surface area contributed by atoms with Crippen molar-refractivity contribution >= 4 is 39.4 Å². The smallest absolute Gasteiger partial charge is 0.325 e. The predicted octanol–water partition coefficient (Wildman–Crippen LogP) is 3.58. The third-order valence-electron chi connectivity index (χ3n) is 3.13. The van der Waals surface area contributed by atoms with Crippen LogP contribution in [0, 0.1) is 0 Å². The third-order valence-corrected chi connectivity index (χ3v) is 3.89. The summed E-state index contributed by atoms with van der Waals surface area (Å²) in [5.74, 6) is -0.326. The van der Waals surface area contributed by atoms with Gasteiger partial charge in [-0.3, -0.25) is 9.59 Å². The van der Waals surface area contributed by atoms with Crippen LogP contribution in [0.1, 0.15) is 15.9 Å². The van der Waals surface area contributed by atoms with Gasteiger partial charge in [-0.2, -0.15) is 0 Å². The normalized spacial score (nSPS) is 10.1. The van der Waals surface area contributed by atoms with Crippen LogP contribution in [-0.4, -0.2) is 25.5 Å². The molecule has 0 aromatic heterocycles. The number of methoxy groups -OCH3 is 1. The maximum absolute atomic E-state index is 11.9. The number of ether oxygens (including phenoxy) is 2. The van der Waals surface area contributed by atoms with Crippen molar-refractivity contribution in [2.24, 2.45) is 0 Å². The van der Waals surface area contributed by atoms with Gasteiger partial charge in [0, 0.05) is 20.6 Å². The van der Waals surface area contributed by atoms with Gasteiger partial charge in [-0.05, 0) is 42.5 Å². The van der Waals surface area contributed by atoms with Crippen molar-refractivity contribution in [3.8, 4) is 5.75 Å². The fourth-order valence-corrected chi connectivity index (χ4v) is 2.38. The van der Waals surface area contributed by atoms with Crippen molar-refractivity contribution in [3.63, 3.8) is 0 Å². The molecule has 0 saturated heterocycles. The van der Waals surface area contributed by atoms with Crippen LogP contribution in [0.4, 0.5) is 0 Å². The predicted molar refractivity (Wildman–Crippen MR) is 94.3 cm³/mol. The Kier molecular flexibility index (Phi) is 6.63. The van der Waals surface area contributed by atoms with Crippen molar-refractivity contribution in [2.45, 2.75) is 6.61 Å². The van der Waals surface area contributed by atoms with E-state index in [9.17, 15) is 9.59 Å². The van der Waals surface area contributed by atoms with Gasteiger partial charge in [0.25, 0.3) is 5.91 Å². The largest absolute Gasteiger partial charge is 0.496 e. The number of rotatable bonds is 6. The molecule has 0 unspecified atom stereocenters. The van der Waals surface area contributed by atoms with E-state index >= 15 is 0 Å². The highest BCUT2D eigenvalue weighted by atomic mass is 79.9. The van der Waals surface area contributed by atoms with E-state index < -0.39 is 5.97 Å². The van der Waals surface area contributed by atoms with E-state index in [0.717, 1.165) is 4.47 Å². The monoisotopic (exact) mass is 411 g/mol. The molecule has 0 spiro atoms. The molecule has 2 rings (SSSR count). The van der Waals surface area contributed by atoms with Crippen LogP contribution in [-0.2, 0) is 16.1 Å². The van der Waals surface area contributed by atoms with Crippen LogP contribution in [0.3, 0.4) is 0 Å². The standard InChI is InChI=1S/C17H15BrClNO4/c1-23-15-7-6-14(19)8-12(15)10-24-16(21)9-20-17(22)11-2-4-13(18)5-3-11/h2-8H,9-10H2,1H3,(H,20,22). The van der Waals surface area contributed by atoms with Gasteiger partial charge < -0.3 is 14.8 Å². The number of hydrogen-bond donors (Lipinski definition) is 1. The Hall–Kier alpha value is -2.05. The number of amides is 1. The Morgan fingerprint density at radius 2 is 1.88 bits per heavy atom. The minimum atomic E-state index is -0.553. The van der Waals surface area contributed by atoms with Gasteiger partial charge >= 0.3 is 5.97 Å². The van der Waals surface area contributed by atoms with Crippen LogP contribution in [0.15, 0.2) is 46.9 Å². The molecule has 0 heterocycles. The Bertz CT molecular complexity index is 734. The van der Waals surface area contributed by atoms with Gasteiger partial charge in [0.05, 0.1) is 7.11 Å². The Morgan fingerprint density at radius 1 is 1.17 bits per heavy atom. The van der Waals surface area contributed by atoms with Gasteiger partial charge in [-0.25, -0.2) is 0 Å². The molecule has 126 valence electrons. The van der Waals surface area contributed by atoms with Crippen molar-refractivity contribution in [3.05, 3.63) is 63.1 Å². The number of hydrogen-bond acceptors (Lipinski definition) is 4. The molecule has 2 aromatic carbocycles. The first-order chi connectivity index (χ1) is 11.5. The number of halogens is 2. The summed E-state index contributed by atoms with van der Waals surface area (Å²) in [5, 5.41) is 3.03. The second-order valence-corrected chi connectivity index (χ2v) is 6.16. The first kappa shape index (κ1) is 18.3. The number of carbonyl (C=O) groups excluding carboxylic acids is 2. The first-order valence-electron chi connectivity index (χ1n) is 7.01. The quantitative estimate of drug-likeness (QED) is 0.737. The van der Waals surface area contributed by atoms with E-state index in [-0.39, 0.29) is 19.1 Å². The molecule has 1 N–H and O–H groups in total. The van der Waals surface area contributed by atoms with E-state index in [1.165, 1.54) is 7.11 Å². The summed E-state index contributed by atoms with van der Waals surface area (Å²) >= 11 is 9.21. The molecule has 0 radical (unpaired) electrons. The van der Waals surface area contributed by atoms with Crippen molar-refractivity contribution in [1.29, 1.82) is 0 Å². The molecule has 1 amide bonds. The molecule has 0 saturated carbocycles. The summed E-state index contributed by atoms with van der Waals surface area (Å²) in [6.07, 6.45) is 0. The Morgan fingerprint density at radius 3 is 2.54 bits per heavy atom. The van der Waals surface area contributed by atoms with Crippen LogP contribution >= 0.6 is 27.5 Å². The summed E-state index contributed by atoms with van der Waals surface area (Å²) in [6, 6.07) is 11.8. The molecule has 0 aliphatic rings.